The minimum absolute atomic E-state index is 0.159. The quantitative estimate of drug-likeness (QED) is 0.854. The summed E-state index contributed by atoms with van der Waals surface area (Å²) in [5.74, 6) is 0. The fourth-order valence-electron chi connectivity index (χ4n) is 2.47. The van der Waals surface area contributed by atoms with Gasteiger partial charge in [0.05, 0.1) is 25.3 Å². The summed E-state index contributed by atoms with van der Waals surface area (Å²) in [5.41, 5.74) is 0.482. The maximum atomic E-state index is 13.2. The van der Waals surface area contributed by atoms with Gasteiger partial charge in [-0.1, -0.05) is 30.3 Å². The zero-order chi connectivity index (χ0) is 16.2. The molecule has 1 aromatic rings. The van der Waals surface area contributed by atoms with Crippen molar-refractivity contribution in [3.63, 3.8) is 0 Å². The van der Waals surface area contributed by atoms with Gasteiger partial charge in [-0.05, 0) is 32.8 Å². The first-order valence-corrected chi connectivity index (χ1v) is 7.60. The second kappa shape index (κ2) is 7.09. The van der Waals surface area contributed by atoms with Crippen molar-refractivity contribution < 1.29 is 18.7 Å². The lowest BCUT2D eigenvalue weighted by molar-refractivity contribution is 0.0139. The molecule has 1 unspecified atom stereocenters. The zero-order valence-corrected chi connectivity index (χ0v) is 13.4. The molecule has 0 aliphatic carbocycles. The van der Waals surface area contributed by atoms with Gasteiger partial charge in [0, 0.05) is 0 Å². The van der Waals surface area contributed by atoms with Gasteiger partial charge in [0.15, 0.2) is 0 Å². The van der Waals surface area contributed by atoms with E-state index in [2.05, 4.69) is 0 Å². The molecule has 0 saturated carbocycles. The number of ether oxygens (including phenoxy) is 2. The molecule has 1 fully saturated rings. The maximum Gasteiger partial charge on any atom is 0.410 e. The molecular weight excluding hydrogens is 285 g/mol. The van der Waals surface area contributed by atoms with E-state index >= 15 is 0 Å². The number of hydrogen-bond donors (Lipinski definition) is 0. The minimum Gasteiger partial charge on any atom is -0.444 e. The number of likely N-dealkylation sites (tertiary alicyclic amines) is 1. The topological polar surface area (TPSA) is 38.8 Å². The third-order valence-corrected chi connectivity index (χ3v) is 3.51. The van der Waals surface area contributed by atoms with Gasteiger partial charge in [0.25, 0.3) is 0 Å². The summed E-state index contributed by atoms with van der Waals surface area (Å²) < 4.78 is 24.3. The Morgan fingerprint density at radius 1 is 1.32 bits per heavy atom. The predicted octanol–water partition coefficient (Wildman–Crippen LogP) is 3.55. The Bertz CT molecular complexity index is 486. The maximum absolute atomic E-state index is 13.2. The molecule has 2 atom stereocenters. The molecule has 122 valence electrons. The lowest BCUT2D eigenvalue weighted by Gasteiger charge is -2.27. The minimum atomic E-state index is -0.582. The molecule has 1 aliphatic heterocycles. The summed E-state index contributed by atoms with van der Waals surface area (Å²) in [7, 11) is 0. The largest absolute Gasteiger partial charge is 0.444 e. The van der Waals surface area contributed by atoms with Gasteiger partial charge in [-0.15, -0.1) is 0 Å². The zero-order valence-electron chi connectivity index (χ0n) is 13.4. The highest BCUT2D eigenvalue weighted by Gasteiger charge is 2.38. The standard InChI is InChI=1S/C17H24FNO3/c1-17(2,3)22-16(20)19-11-15(9-14(19)10-18)21-12-13-7-5-4-6-8-13/h4-8,14-15H,9-12H2,1-3H3/t14-,15?/m1/s1. The summed E-state index contributed by atoms with van der Waals surface area (Å²) in [6.45, 7) is 5.66. The van der Waals surface area contributed by atoms with Crippen molar-refractivity contribution in [2.24, 2.45) is 0 Å². The van der Waals surface area contributed by atoms with E-state index in [4.69, 9.17) is 9.47 Å². The van der Waals surface area contributed by atoms with E-state index in [0.29, 0.717) is 19.6 Å². The van der Waals surface area contributed by atoms with Gasteiger partial charge < -0.3 is 9.47 Å². The van der Waals surface area contributed by atoms with E-state index in [1.54, 1.807) is 20.8 Å². The Morgan fingerprint density at radius 3 is 2.59 bits per heavy atom. The molecular formula is C17H24FNO3. The highest BCUT2D eigenvalue weighted by atomic mass is 19.1. The number of carbonyl (C=O) groups is 1. The second-order valence-electron chi connectivity index (χ2n) is 6.60. The molecule has 0 N–H and O–H groups in total. The number of benzene rings is 1. The average molecular weight is 309 g/mol. The smallest absolute Gasteiger partial charge is 0.410 e. The van der Waals surface area contributed by atoms with Gasteiger partial charge in [-0.2, -0.15) is 0 Å². The van der Waals surface area contributed by atoms with Crippen LogP contribution in [0.4, 0.5) is 9.18 Å². The Morgan fingerprint density at radius 2 is 2.00 bits per heavy atom. The van der Waals surface area contributed by atoms with Crippen LogP contribution in [0.2, 0.25) is 0 Å². The lowest BCUT2D eigenvalue weighted by atomic mass is 10.2. The van der Waals surface area contributed by atoms with E-state index in [1.165, 1.54) is 4.90 Å². The van der Waals surface area contributed by atoms with E-state index in [1.807, 2.05) is 30.3 Å². The number of alkyl halides is 1. The van der Waals surface area contributed by atoms with Crippen LogP contribution in [0.25, 0.3) is 0 Å². The Kier molecular flexibility index (Phi) is 5.40. The van der Waals surface area contributed by atoms with Crippen molar-refractivity contribution in [3.05, 3.63) is 35.9 Å². The third-order valence-electron chi connectivity index (χ3n) is 3.51. The molecule has 22 heavy (non-hydrogen) atoms. The van der Waals surface area contributed by atoms with Gasteiger partial charge >= 0.3 is 6.09 Å². The first-order chi connectivity index (χ1) is 10.4. The molecule has 0 bridgehead atoms. The van der Waals surface area contributed by atoms with E-state index in [-0.39, 0.29) is 6.10 Å². The van der Waals surface area contributed by atoms with E-state index < -0.39 is 24.4 Å². The van der Waals surface area contributed by atoms with Crippen LogP contribution in [0.1, 0.15) is 32.8 Å². The molecule has 1 amide bonds. The summed E-state index contributed by atoms with van der Waals surface area (Å²) in [4.78, 5) is 13.6. The first kappa shape index (κ1) is 16.7. The number of carbonyl (C=O) groups excluding carboxylic acids is 1. The molecule has 4 nitrogen and oxygen atoms in total. The molecule has 0 spiro atoms. The summed E-state index contributed by atoms with van der Waals surface area (Å²) >= 11 is 0. The van der Waals surface area contributed by atoms with Crippen molar-refractivity contribution >= 4 is 6.09 Å². The molecule has 1 saturated heterocycles. The fraction of sp³-hybridized carbons (Fsp3) is 0.588. The van der Waals surface area contributed by atoms with Crippen molar-refractivity contribution in [1.82, 2.24) is 4.90 Å². The molecule has 0 radical (unpaired) electrons. The molecule has 2 rings (SSSR count). The number of halogens is 1. The van der Waals surface area contributed by atoms with Crippen LogP contribution in [-0.4, -0.2) is 42.0 Å². The number of rotatable bonds is 4. The van der Waals surface area contributed by atoms with Crippen LogP contribution in [0.5, 0.6) is 0 Å². The third kappa shape index (κ3) is 4.70. The number of nitrogens with zero attached hydrogens (tertiary/aromatic N) is 1. The Hall–Kier alpha value is -1.62. The highest BCUT2D eigenvalue weighted by molar-refractivity contribution is 5.69. The SMILES string of the molecule is CC(C)(C)OC(=O)N1CC(OCc2ccccc2)C[C@@H]1CF. The van der Waals surface area contributed by atoms with Gasteiger partial charge in [0.2, 0.25) is 0 Å². The molecule has 1 aromatic carbocycles. The van der Waals surface area contributed by atoms with Crippen molar-refractivity contribution in [1.29, 1.82) is 0 Å². The van der Waals surface area contributed by atoms with Crippen LogP contribution in [0.15, 0.2) is 30.3 Å². The number of hydrogen-bond acceptors (Lipinski definition) is 3. The van der Waals surface area contributed by atoms with Gasteiger partial charge in [0.1, 0.15) is 12.3 Å². The first-order valence-electron chi connectivity index (χ1n) is 7.60. The van der Waals surface area contributed by atoms with Crippen LogP contribution in [0.3, 0.4) is 0 Å². The summed E-state index contributed by atoms with van der Waals surface area (Å²) in [6.07, 6.45) is -0.128. The van der Waals surface area contributed by atoms with Crippen LogP contribution >= 0.6 is 0 Å². The van der Waals surface area contributed by atoms with Crippen molar-refractivity contribution in [2.45, 2.75) is 51.5 Å². The van der Waals surface area contributed by atoms with Crippen molar-refractivity contribution in [2.75, 3.05) is 13.2 Å². The molecule has 0 aromatic heterocycles. The number of amides is 1. The van der Waals surface area contributed by atoms with Gasteiger partial charge in [-0.25, -0.2) is 9.18 Å². The van der Waals surface area contributed by atoms with E-state index in [9.17, 15) is 9.18 Å². The Labute approximate surface area is 131 Å². The summed E-state index contributed by atoms with van der Waals surface area (Å²) in [6, 6.07) is 9.34. The summed E-state index contributed by atoms with van der Waals surface area (Å²) in [5, 5.41) is 0. The van der Waals surface area contributed by atoms with Crippen molar-refractivity contribution in [3.8, 4) is 0 Å². The van der Waals surface area contributed by atoms with Crippen LogP contribution in [-0.2, 0) is 16.1 Å². The molecule has 1 heterocycles. The van der Waals surface area contributed by atoms with E-state index in [0.717, 1.165) is 5.56 Å². The molecule has 5 heteroatoms. The average Bonchev–Trinajstić information content (AvgIpc) is 2.88. The monoisotopic (exact) mass is 309 g/mol. The second-order valence-corrected chi connectivity index (χ2v) is 6.60. The van der Waals surface area contributed by atoms with Gasteiger partial charge in [-0.3, -0.25) is 4.90 Å². The van der Waals surface area contributed by atoms with Crippen LogP contribution in [0, 0.1) is 0 Å². The predicted molar refractivity (Wildman–Crippen MR) is 82.3 cm³/mol. The Balaban J connectivity index is 1.90. The fourth-order valence-corrected chi connectivity index (χ4v) is 2.47. The lowest BCUT2D eigenvalue weighted by Crippen LogP contribution is -2.41. The normalized spacial score (nSPS) is 21.9. The van der Waals surface area contributed by atoms with Crippen LogP contribution < -0.4 is 0 Å². The highest BCUT2D eigenvalue weighted by Crippen LogP contribution is 2.24. The molecule has 1 aliphatic rings.